The molecule has 2 aliphatic heterocycles. The first kappa shape index (κ1) is 18.3. The first-order valence-corrected chi connectivity index (χ1v) is 9.47. The number of amides is 2. The third-order valence-corrected chi connectivity index (χ3v) is 5.58. The smallest absolute Gasteiger partial charge is 0.292 e. The molecule has 2 heterocycles. The third-order valence-electron chi connectivity index (χ3n) is 5.58. The van der Waals surface area contributed by atoms with Gasteiger partial charge in [0.25, 0.3) is 5.91 Å². The van der Waals surface area contributed by atoms with Crippen LogP contribution in [-0.2, 0) is 9.59 Å². The van der Waals surface area contributed by atoms with Gasteiger partial charge in [0.15, 0.2) is 6.04 Å². The molecular weight excluding hydrogens is 358 g/mol. The minimum atomic E-state index is -0.356. The van der Waals surface area contributed by atoms with Crippen molar-refractivity contribution in [2.24, 2.45) is 0 Å². The Bertz CT molecular complexity index is 893. The topological polar surface area (TPSA) is 74.5 Å². The third kappa shape index (κ3) is 3.29. The van der Waals surface area contributed by atoms with Gasteiger partial charge in [-0.3, -0.25) is 9.59 Å². The van der Waals surface area contributed by atoms with Gasteiger partial charge in [0.05, 0.1) is 51.1 Å². The van der Waals surface area contributed by atoms with Crippen LogP contribution in [0.2, 0.25) is 0 Å². The van der Waals surface area contributed by atoms with Crippen molar-refractivity contribution in [3.8, 4) is 11.5 Å². The number of phenolic OH excluding ortho intramolecular Hbond substituents is 1. The fourth-order valence-electron chi connectivity index (χ4n) is 4.09. The van der Waals surface area contributed by atoms with Crippen molar-refractivity contribution in [3.05, 3.63) is 48.5 Å². The summed E-state index contributed by atoms with van der Waals surface area (Å²) in [5, 5.41) is 10.1. The molecule has 4 rings (SSSR count). The van der Waals surface area contributed by atoms with Crippen LogP contribution in [0.25, 0.3) is 0 Å². The number of aromatic hydroxyl groups is 1. The number of ether oxygens (including phenoxy) is 1. The maximum absolute atomic E-state index is 13.0. The molecule has 0 unspecified atom stereocenters. The summed E-state index contributed by atoms with van der Waals surface area (Å²) in [6.45, 7) is 2.93. The molecule has 7 heteroatoms. The molecule has 2 aliphatic rings. The molecule has 2 saturated heterocycles. The van der Waals surface area contributed by atoms with Gasteiger partial charge >= 0.3 is 0 Å². The Labute approximate surface area is 163 Å². The number of methoxy groups -OCH3 is 1. The van der Waals surface area contributed by atoms with Crippen LogP contribution in [0.1, 0.15) is 6.42 Å². The van der Waals surface area contributed by atoms with Crippen molar-refractivity contribution >= 4 is 23.2 Å². The minimum absolute atomic E-state index is 0.149. The second-order valence-corrected chi connectivity index (χ2v) is 7.16. The molecule has 0 saturated carbocycles. The minimum Gasteiger partial charge on any atom is -0.506 e. The summed E-state index contributed by atoms with van der Waals surface area (Å²) in [6, 6.07) is 14.0. The lowest BCUT2D eigenvalue weighted by atomic mass is 10.1. The van der Waals surface area contributed by atoms with Crippen molar-refractivity contribution in [1.29, 1.82) is 0 Å². The molecule has 146 valence electrons. The number of hydrogen-bond acceptors (Lipinski definition) is 5. The molecule has 2 aromatic carbocycles. The molecule has 0 bridgehead atoms. The molecule has 2 amide bonds. The predicted octanol–water partition coefficient (Wildman–Crippen LogP) is 0.438. The second-order valence-electron chi connectivity index (χ2n) is 7.16. The molecule has 2 fully saturated rings. The van der Waals surface area contributed by atoms with Gasteiger partial charge < -0.3 is 19.6 Å². The maximum atomic E-state index is 13.0. The number of phenols is 1. The second kappa shape index (κ2) is 7.52. The van der Waals surface area contributed by atoms with Crippen molar-refractivity contribution in [2.75, 3.05) is 43.1 Å². The van der Waals surface area contributed by atoms with Crippen LogP contribution in [0.4, 0.5) is 11.4 Å². The Morgan fingerprint density at radius 2 is 1.82 bits per heavy atom. The monoisotopic (exact) mass is 382 g/mol. The highest BCUT2D eigenvalue weighted by atomic mass is 16.5. The van der Waals surface area contributed by atoms with Crippen molar-refractivity contribution in [2.45, 2.75) is 12.5 Å². The summed E-state index contributed by atoms with van der Waals surface area (Å²) >= 11 is 0. The van der Waals surface area contributed by atoms with E-state index in [9.17, 15) is 14.7 Å². The fraction of sp³-hybridized carbons (Fsp3) is 0.333. The van der Waals surface area contributed by atoms with Crippen LogP contribution < -0.4 is 19.4 Å². The molecule has 1 atom stereocenters. The average molecular weight is 382 g/mol. The first-order chi connectivity index (χ1) is 13.6. The summed E-state index contributed by atoms with van der Waals surface area (Å²) in [5.74, 6) is 0.565. The van der Waals surface area contributed by atoms with E-state index in [2.05, 4.69) is 4.90 Å². The summed E-state index contributed by atoms with van der Waals surface area (Å²) in [4.78, 5) is 30.1. The number of benzene rings is 2. The average Bonchev–Trinajstić information content (AvgIpc) is 3.02. The van der Waals surface area contributed by atoms with Crippen molar-refractivity contribution < 1.29 is 24.3 Å². The molecular formula is C21H24N3O4+. The quantitative estimate of drug-likeness (QED) is 0.751. The highest BCUT2D eigenvalue weighted by molar-refractivity contribution is 6.21. The molecule has 0 aromatic heterocycles. The van der Waals surface area contributed by atoms with Gasteiger partial charge in [-0.25, -0.2) is 4.90 Å². The van der Waals surface area contributed by atoms with Crippen molar-refractivity contribution in [3.63, 3.8) is 0 Å². The van der Waals surface area contributed by atoms with Crippen LogP contribution in [0.5, 0.6) is 11.5 Å². The Kier molecular flexibility index (Phi) is 4.92. The van der Waals surface area contributed by atoms with Gasteiger partial charge in [-0.2, -0.15) is 0 Å². The van der Waals surface area contributed by atoms with Crippen LogP contribution in [0, 0.1) is 0 Å². The molecule has 0 aliphatic carbocycles. The van der Waals surface area contributed by atoms with E-state index in [4.69, 9.17) is 4.74 Å². The van der Waals surface area contributed by atoms with E-state index >= 15 is 0 Å². The fourth-order valence-corrected chi connectivity index (χ4v) is 4.09. The molecule has 2 aromatic rings. The number of quaternary nitrogens is 1. The van der Waals surface area contributed by atoms with E-state index in [-0.39, 0.29) is 30.0 Å². The lowest BCUT2D eigenvalue weighted by molar-refractivity contribution is -0.915. The van der Waals surface area contributed by atoms with Gasteiger partial charge in [0, 0.05) is 6.07 Å². The summed E-state index contributed by atoms with van der Waals surface area (Å²) in [7, 11) is 1.56. The zero-order chi connectivity index (χ0) is 19.7. The number of piperazine rings is 1. The number of imide groups is 1. The zero-order valence-electron chi connectivity index (χ0n) is 15.8. The van der Waals surface area contributed by atoms with E-state index < -0.39 is 0 Å². The Balaban J connectivity index is 1.45. The number of carbonyl (C=O) groups is 2. The summed E-state index contributed by atoms with van der Waals surface area (Å²) in [5.41, 5.74) is 1.37. The normalized spacial score (nSPS) is 20.7. The highest BCUT2D eigenvalue weighted by Crippen LogP contribution is 2.27. The lowest BCUT2D eigenvalue weighted by Crippen LogP contribution is -3.19. The van der Waals surface area contributed by atoms with Crippen LogP contribution in [0.15, 0.2) is 48.5 Å². The number of carbonyl (C=O) groups excluding carboxylic acids is 2. The SMILES string of the molecule is COc1cccc(N2C(=O)C[C@@H]([NH+]3CCN(c4ccccc4O)CC3)C2=O)c1. The van der Waals surface area contributed by atoms with E-state index in [0.29, 0.717) is 11.4 Å². The van der Waals surface area contributed by atoms with E-state index in [1.165, 1.54) is 4.90 Å². The molecule has 7 nitrogen and oxygen atoms in total. The first-order valence-electron chi connectivity index (χ1n) is 9.47. The van der Waals surface area contributed by atoms with Crippen molar-refractivity contribution in [1.82, 2.24) is 0 Å². The molecule has 0 radical (unpaired) electrons. The maximum Gasteiger partial charge on any atom is 0.292 e. The van der Waals surface area contributed by atoms with E-state index in [0.717, 1.165) is 36.8 Å². The zero-order valence-corrected chi connectivity index (χ0v) is 15.8. The van der Waals surface area contributed by atoms with Gasteiger partial charge in [0.2, 0.25) is 5.91 Å². The molecule has 2 N–H and O–H groups in total. The number of anilines is 2. The number of nitrogens with zero attached hydrogens (tertiary/aromatic N) is 2. The summed E-state index contributed by atoms with van der Waals surface area (Å²) < 4.78 is 5.21. The predicted molar refractivity (Wildman–Crippen MR) is 105 cm³/mol. The highest BCUT2D eigenvalue weighted by Gasteiger charge is 2.46. The molecule has 28 heavy (non-hydrogen) atoms. The van der Waals surface area contributed by atoms with Gasteiger partial charge in [0.1, 0.15) is 11.5 Å². The Hall–Kier alpha value is -3.06. The number of rotatable bonds is 4. The summed E-state index contributed by atoms with van der Waals surface area (Å²) in [6.07, 6.45) is 0.224. The number of nitrogens with one attached hydrogen (secondary N) is 1. The van der Waals surface area contributed by atoms with Gasteiger partial charge in [-0.05, 0) is 24.3 Å². The van der Waals surface area contributed by atoms with Crippen LogP contribution in [0.3, 0.4) is 0 Å². The lowest BCUT2D eigenvalue weighted by Gasteiger charge is -2.35. The number of hydrogen-bond donors (Lipinski definition) is 2. The van der Waals surface area contributed by atoms with E-state index in [1.807, 2.05) is 12.1 Å². The van der Waals surface area contributed by atoms with E-state index in [1.54, 1.807) is 43.5 Å². The molecule has 0 spiro atoms. The van der Waals surface area contributed by atoms with Crippen LogP contribution in [-0.4, -0.2) is 56.3 Å². The Morgan fingerprint density at radius 1 is 1.07 bits per heavy atom. The van der Waals surface area contributed by atoms with Gasteiger partial charge in [-0.1, -0.05) is 18.2 Å². The van der Waals surface area contributed by atoms with Gasteiger partial charge in [-0.15, -0.1) is 0 Å². The van der Waals surface area contributed by atoms with Crippen LogP contribution >= 0.6 is 0 Å². The number of para-hydroxylation sites is 2. The largest absolute Gasteiger partial charge is 0.506 e. The Morgan fingerprint density at radius 3 is 2.54 bits per heavy atom. The standard InChI is InChI=1S/C21H23N3O4/c1-28-16-6-4-5-15(13-16)24-20(26)14-18(21(24)27)23-11-9-22(10-12-23)17-7-2-3-8-19(17)25/h2-8,13,18,25H,9-12,14H2,1H3/p+1/t18-/m1/s1.